The number of carbonyl (C=O) groups excluding carboxylic acids is 2. The maximum atomic E-state index is 12.3. The zero-order chi connectivity index (χ0) is 20.0. The maximum Gasteiger partial charge on any atom is 0.573 e. The minimum absolute atomic E-state index is 0.107. The molecule has 0 aliphatic heterocycles. The van der Waals surface area contributed by atoms with Gasteiger partial charge in [-0.25, -0.2) is 0 Å². The Kier molecular flexibility index (Phi) is 6.68. The summed E-state index contributed by atoms with van der Waals surface area (Å²) in [5.74, 6) is -1.17. The number of ether oxygens (including phenoxy) is 1. The van der Waals surface area contributed by atoms with Gasteiger partial charge in [-0.05, 0) is 35.9 Å². The first kappa shape index (κ1) is 20.6. The van der Waals surface area contributed by atoms with Crippen molar-refractivity contribution in [3.63, 3.8) is 0 Å². The predicted octanol–water partition coefficient (Wildman–Crippen LogP) is 4.44. The van der Waals surface area contributed by atoms with Gasteiger partial charge in [-0.3, -0.25) is 9.59 Å². The van der Waals surface area contributed by atoms with Gasteiger partial charge in [0.15, 0.2) is 0 Å². The molecule has 144 valence electrons. The van der Waals surface area contributed by atoms with Crippen molar-refractivity contribution >= 4 is 29.1 Å². The summed E-state index contributed by atoms with van der Waals surface area (Å²) in [4.78, 5) is 23.7. The summed E-state index contributed by atoms with van der Waals surface area (Å²) in [7, 11) is 0. The minimum atomic E-state index is -4.79. The van der Waals surface area contributed by atoms with Crippen LogP contribution in [0.3, 0.4) is 0 Å². The second-order valence-corrected chi connectivity index (χ2v) is 6.01. The molecule has 27 heavy (non-hydrogen) atoms. The first-order valence-electron chi connectivity index (χ1n) is 7.81. The molecule has 0 radical (unpaired) electrons. The molecule has 2 amide bonds. The van der Waals surface area contributed by atoms with Crippen LogP contribution in [0.15, 0.2) is 48.5 Å². The fraction of sp³-hybridized carbons (Fsp3) is 0.222. The van der Waals surface area contributed by atoms with E-state index in [1.54, 1.807) is 24.3 Å². The van der Waals surface area contributed by atoms with Gasteiger partial charge in [-0.2, -0.15) is 0 Å². The average molecular weight is 401 g/mol. The normalized spacial score (nSPS) is 12.2. The van der Waals surface area contributed by atoms with Crippen LogP contribution in [0.4, 0.5) is 18.9 Å². The van der Waals surface area contributed by atoms with Gasteiger partial charge in [-0.15, -0.1) is 13.2 Å². The van der Waals surface area contributed by atoms with Crippen LogP contribution in [-0.2, 0) is 9.59 Å². The van der Waals surface area contributed by atoms with Gasteiger partial charge in [0, 0.05) is 17.6 Å². The third-order valence-corrected chi connectivity index (χ3v) is 3.76. The van der Waals surface area contributed by atoms with Crippen molar-refractivity contribution in [2.24, 2.45) is 0 Å². The molecule has 2 aromatic carbocycles. The molecule has 0 unspecified atom stereocenters. The number of nitrogens with one attached hydrogen (secondary N) is 2. The molecular formula is C18H16ClF3N2O3. The standard InChI is InChI=1S/C18H16ClF3N2O3/c1-11(25)23-16(14-4-2-3-5-15(14)19)10-17(26)24-12-6-8-13(9-7-12)27-18(20,21)22/h2-9,16H,10H2,1H3,(H,23,25)(H,24,26)/t16-/m1/s1. The van der Waals surface area contributed by atoms with E-state index in [9.17, 15) is 22.8 Å². The number of anilines is 1. The van der Waals surface area contributed by atoms with Crippen LogP contribution in [0, 0.1) is 0 Å². The average Bonchev–Trinajstić information content (AvgIpc) is 2.55. The van der Waals surface area contributed by atoms with Crippen LogP contribution in [-0.4, -0.2) is 18.2 Å². The Bertz CT molecular complexity index is 810. The summed E-state index contributed by atoms with van der Waals surface area (Å²) in [6.07, 6.45) is -4.89. The fourth-order valence-electron chi connectivity index (χ4n) is 2.38. The lowest BCUT2D eigenvalue weighted by atomic mass is 10.0. The zero-order valence-corrected chi connectivity index (χ0v) is 14.9. The molecule has 2 N–H and O–H groups in total. The molecule has 2 aromatic rings. The number of carbonyl (C=O) groups is 2. The molecule has 0 aliphatic rings. The summed E-state index contributed by atoms with van der Waals surface area (Å²) < 4.78 is 40.2. The number of benzene rings is 2. The molecule has 0 spiro atoms. The summed E-state index contributed by atoms with van der Waals surface area (Å²) >= 11 is 6.13. The molecule has 0 saturated heterocycles. The van der Waals surface area contributed by atoms with Crippen molar-refractivity contribution < 1.29 is 27.5 Å². The monoisotopic (exact) mass is 400 g/mol. The Morgan fingerprint density at radius 3 is 2.30 bits per heavy atom. The lowest BCUT2D eigenvalue weighted by molar-refractivity contribution is -0.274. The van der Waals surface area contributed by atoms with Crippen molar-refractivity contribution in [1.82, 2.24) is 5.32 Å². The lowest BCUT2D eigenvalue weighted by Crippen LogP contribution is -2.30. The first-order valence-corrected chi connectivity index (χ1v) is 8.19. The van der Waals surface area contributed by atoms with Crippen LogP contribution in [0.1, 0.15) is 24.9 Å². The number of rotatable bonds is 6. The van der Waals surface area contributed by atoms with Gasteiger partial charge in [0.25, 0.3) is 0 Å². The van der Waals surface area contributed by atoms with Gasteiger partial charge in [0.05, 0.1) is 12.5 Å². The number of hydrogen-bond acceptors (Lipinski definition) is 3. The summed E-state index contributed by atoms with van der Waals surface area (Å²) in [5.41, 5.74) is 0.869. The van der Waals surface area contributed by atoms with Crippen LogP contribution in [0.2, 0.25) is 5.02 Å². The zero-order valence-electron chi connectivity index (χ0n) is 14.1. The van der Waals surface area contributed by atoms with Gasteiger partial charge in [0.2, 0.25) is 11.8 Å². The SMILES string of the molecule is CC(=O)N[C@H](CC(=O)Nc1ccc(OC(F)(F)F)cc1)c1ccccc1Cl. The molecule has 0 bridgehead atoms. The lowest BCUT2D eigenvalue weighted by Gasteiger charge is -2.19. The van der Waals surface area contributed by atoms with Crippen molar-refractivity contribution in [3.05, 3.63) is 59.1 Å². The highest BCUT2D eigenvalue weighted by molar-refractivity contribution is 6.31. The fourth-order valence-corrected chi connectivity index (χ4v) is 2.65. The third kappa shape index (κ3) is 6.82. The van der Waals surface area contributed by atoms with Crippen molar-refractivity contribution in [2.75, 3.05) is 5.32 Å². The molecule has 9 heteroatoms. The molecular weight excluding hydrogens is 385 g/mol. The highest BCUT2D eigenvalue weighted by Crippen LogP contribution is 2.27. The number of hydrogen-bond donors (Lipinski definition) is 2. The number of alkyl halides is 3. The summed E-state index contributed by atoms with van der Waals surface area (Å²) in [6, 6.07) is 10.9. The highest BCUT2D eigenvalue weighted by Gasteiger charge is 2.31. The molecule has 0 heterocycles. The molecule has 2 rings (SSSR count). The summed E-state index contributed by atoms with van der Waals surface area (Å²) in [5, 5.41) is 5.61. The Hall–Kier alpha value is -2.74. The van der Waals surface area contributed by atoms with Crippen molar-refractivity contribution in [3.8, 4) is 5.75 Å². The van der Waals surface area contributed by atoms with E-state index in [0.717, 1.165) is 12.1 Å². The van der Waals surface area contributed by atoms with E-state index in [-0.39, 0.29) is 18.0 Å². The molecule has 0 fully saturated rings. The highest BCUT2D eigenvalue weighted by atomic mass is 35.5. The second-order valence-electron chi connectivity index (χ2n) is 5.60. The second kappa shape index (κ2) is 8.77. The predicted molar refractivity (Wildman–Crippen MR) is 94.4 cm³/mol. The molecule has 0 aromatic heterocycles. The quantitative estimate of drug-likeness (QED) is 0.753. The topological polar surface area (TPSA) is 67.4 Å². The third-order valence-electron chi connectivity index (χ3n) is 3.42. The summed E-state index contributed by atoms with van der Waals surface area (Å²) in [6.45, 7) is 1.32. The van der Waals surface area contributed by atoms with Gasteiger partial charge in [-0.1, -0.05) is 29.8 Å². The minimum Gasteiger partial charge on any atom is -0.406 e. The largest absolute Gasteiger partial charge is 0.573 e. The van der Waals surface area contributed by atoms with Crippen molar-refractivity contribution in [2.45, 2.75) is 25.7 Å². The van der Waals surface area contributed by atoms with Gasteiger partial charge < -0.3 is 15.4 Å². The van der Waals surface area contributed by atoms with E-state index in [1.807, 2.05) is 0 Å². The van der Waals surface area contributed by atoms with E-state index in [2.05, 4.69) is 15.4 Å². The molecule has 5 nitrogen and oxygen atoms in total. The Balaban J connectivity index is 2.05. The van der Waals surface area contributed by atoms with E-state index < -0.39 is 24.1 Å². The van der Waals surface area contributed by atoms with E-state index in [4.69, 9.17) is 11.6 Å². The van der Waals surface area contributed by atoms with Gasteiger partial charge >= 0.3 is 6.36 Å². The number of amides is 2. The van der Waals surface area contributed by atoms with Crippen molar-refractivity contribution in [1.29, 1.82) is 0 Å². The van der Waals surface area contributed by atoms with E-state index in [1.165, 1.54) is 19.1 Å². The number of halogens is 4. The van der Waals surface area contributed by atoms with E-state index >= 15 is 0 Å². The molecule has 0 aliphatic carbocycles. The van der Waals surface area contributed by atoms with Crippen LogP contribution in [0.25, 0.3) is 0 Å². The first-order chi connectivity index (χ1) is 12.6. The Morgan fingerprint density at radius 1 is 1.11 bits per heavy atom. The van der Waals surface area contributed by atoms with Crippen LogP contribution < -0.4 is 15.4 Å². The Labute approximate surface area is 158 Å². The van der Waals surface area contributed by atoms with Crippen LogP contribution in [0.5, 0.6) is 5.75 Å². The Morgan fingerprint density at radius 2 is 1.74 bits per heavy atom. The molecule has 1 atom stereocenters. The smallest absolute Gasteiger partial charge is 0.406 e. The molecule has 0 saturated carbocycles. The maximum absolute atomic E-state index is 12.3. The van der Waals surface area contributed by atoms with Gasteiger partial charge in [0.1, 0.15) is 5.75 Å². The van der Waals surface area contributed by atoms with Crippen LogP contribution >= 0.6 is 11.6 Å². The van der Waals surface area contributed by atoms with E-state index in [0.29, 0.717) is 10.6 Å².